The summed E-state index contributed by atoms with van der Waals surface area (Å²) in [6, 6.07) is 7.40. The maximum atomic E-state index is 12.3. The quantitative estimate of drug-likeness (QED) is 0.753. The number of hydrogen-bond donors (Lipinski definition) is 2. The first-order valence-electron chi connectivity index (χ1n) is 7.17. The lowest BCUT2D eigenvalue weighted by Gasteiger charge is -2.21. The first-order chi connectivity index (χ1) is 10.0. The highest BCUT2D eigenvalue weighted by molar-refractivity contribution is 5.79. The molecule has 0 radical (unpaired) electrons. The largest absolute Gasteiger partial charge is 0.399 e. The molecule has 1 fully saturated rings. The van der Waals surface area contributed by atoms with E-state index in [4.69, 9.17) is 11.5 Å². The molecule has 1 saturated heterocycles. The van der Waals surface area contributed by atoms with E-state index in [1.807, 2.05) is 34.1 Å². The van der Waals surface area contributed by atoms with Gasteiger partial charge in [-0.05, 0) is 24.1 Å². The summed E-state index contributed by atoms with van der Waals surface area (Å²) in [5.74, 6) is -0.226. The van der Waals surface area contributed by atoms with E-state index in [1.54, 1.807) is 0 Å². The normalized spacial score (nSPS) is 16.5. The van der Waals surface area contributed by atoms with E-state index in [0.717, 1.165) is 25.1 Å². The molecule has 1 aromatic carbocycles. The minimum absolute atomic E-state index is 0.0986. The third-order valence-corrected chi connectivity index (χ3v) is 3.63. The number of rotatable bonds is 4. The lowest BCUT2D eigenvalue weighted by molar-refractivity contribution is -0.130. The van der Waals surface area contributed by atoms with Crippen LogP contribution in [0.4, 0.5) is 5.69 Å². The second kappa shape index (κ2) is 7.08. The molecule has 0 aromatic heterocycles. The van der Waals surface area contributed by atoms with Crippen molar-refractivity contribution >= 4 is 17.5 Å². The monoisotopic (exact) mass is 290 g/mol. The molecule has 2 rings (SSSR count). The first-order valence-corrected chi connectivity index (χ1v) is 7.17. The Balaban J connectivity index is 1.89. The average molecular weight is 290 g/mol. The SMILES string of the molecule is NC(=O)CN1CCCN(C(=O)Cc2cccc(N)c2)CC1. The lowest BCUT2D eigenvalue weighted by atomic mass is 10.1. The molecule has 0 bridgehead atoms. The predicted octanol–water partition coefficient (Wildman–Crippen LogP) is -0.169. The van der Waals surface area contributed by atoms with Crippen molar-refractivity contribution in [3.63, 3.8) is 0 Å². The number of amides is 2. The molecule has 1 aliphatic rings. The topological polar surface area (TPSA) is 92.7 Å². The van der Waals surface area contributed by atoms with Crippen molar-refractivity contribution in [2.75, 3.05) is 38.5 Å². The number of carbonyl (C=O) groups excluding carboxylic acids is 2. The minimum Gasteiger partial charge on any atom is -0.399 e. The average Bonchev–Trinajstić information content (AvgIpc) is 2.63. The van der Waals surface area contributed by atoms with Gasteiger partial charge >= 0.3 is 0 Å². The van der Waals surface area contributed by atoms with Crippen LogP contribution in [-0.4, -0.2) is 54.3 Å². The predicted molar refractivity (Wildman–Crippen MR) is 81.4 cm³/mol. The molecule has 2 amide bonds. The van der Waals surface area contributed by atoms with Gasteiger partial charge in [-0.25, -0.2) is 0 Å². The zero-order valence-corrected chi connectivity index (χ0v) is 12.1. The molecule has 1 aliphatic heterocycles. The van der Waals surface area contributed by atoms with Gasteiger partial charge in [0.05, 0.1) is 13.0 Å². The molecular weight excluding hydrogens is 268 g/mol. The van der Waals surface area contributed by atoms with Crippen molar-refractivity contribution in [3.8, 4) is 0 Å². The van der Waals surface area contributed by atoms with E-state index >= 15 is 0 Å². The molecule has 114 valence electrons. The van der Waals surface area contributed by atoms with Gasteiger partial charge in [0.25, 0.3) is 0 Å². The summed E-state index contributed by atoms with van der Waals surface area (Å²) in [6.45, 7) is 3.10. The van der Waals surface area contributed by atoms with Crippen LogP contribution in [0, 0.1) is 0 Å². The Hall–Kier alpha value is -2.08. The van der Waals surface area contributed by atoms with Gasteiger partial charge < -0.3 is 16.4 Å². The number of nitrogens with zero attached hydrogens (tertiary/aromatic N) is 2. The number of hydrogen-bond acceptors (Lipinski definition) is 4. The van der Waals surface area contributed by atoms with Crippen LogP contribution in [0.15, 0.2) is 24.3 Å². The van der Waals surface area contributed by atoms with Crippen molar-refractivity contribution < 1.29 is 9.59 Å². The Labute approximate surface area is 124 Å². The van der Waals surface area contributed by atoms with Crippen LogP contribution in [-0.2, 0) is 16.0 Å². The van der Waals surface area contributed by atoms with Gasteiger partial charge in [-0.3, -0.25) is 14.5 Å². The molecule has 6 heteroatoms. The Morgan fingerprint density at radius 2 is 1.95 bits per heavy atom. The number of primary amides is 1. The van der Waals surface area contributed by atoms with E-state index in [9.17, 15) is 9.59 Å². The number of nitrogen functional groups attached to an aromatic ring is 1. The molecule has 6 nitrogen and oxygen atoms in total. The zero-order chi connectivity index (χ0) is 15.2. The Morgan fingerprint density at radius 3 is 2.67 bits per heavy atom. The van der Waals surface area contributed by atoms with Gasteiger partial charge in [-0.2, -0.15) is 0 Å². The van der Waals surface area contributed by atoms with E-state index in [0.29, 0.717) is 25.2 Å². The van der Waals surface area contributed by atoms with Crippen LogP contribution >= 0.6 is 0 Å². The second-order valence-corrected chi connectivity index (χ2v) is 5.40. The van der Waals surface area contributed by atoms with Gasteiger partial charge in [-0.15, -0.1) is 0 Å². The molecule has 0 atom stereocenters. The van der Waals surface area contributed by atoms with Gasteiger partial charge in [-0.1, -0.05) is 12.1 Å². The van der Waals surface area contributed by atoms with Crippen LogP contribution < -0.4 is 11.5 Å². The lowest BCUT2D eigenvalue weighted by Crippen LogP contribution is -2.38. The Kier molecular flexibility index (Phi) is 5.16. The Morgan fingerprint density at radius 1 is 1.14 bits per heavy atom. The fraction of sp³-hybridized carbons (Fsp3) is 0.467. The third kappa shape index (κ3) is 4.75. The van der Waals surface area contributed by atoms with Crippen molar-refractivity contribution in [1.82, 2.24) is 9.80 Å². The van der Waals surface area contributed by atoms with Crippen LogP contribution in [0.5, 0.6) is 0 Å². The first kappa shape index (κ1) is 15.3. The molecule has 21 heavy (non-hydrogen) atoms. The number of carbonyl (C=O) groups is 2. The van der Waals surface area contributed by atoms with Gasteiger partial charge in [0.1, 0.15) is 0 Å². The third-order valence-electron chi connectivity index (χ3n) is 3.63. The van der Waals surface area contributed by atoms with E-state index in [1.165, 1.54) is 0 Å². The van der Waals surface area contributed by atoms with Crippen LogP contribution in [0.2, 0.25) is 0 Å². The fourth-order valence-corrected chi connectivity index (χ4v) is 2.59. The molecule has 0 aliphatic carbocycles. The summed E-state index contributed by atoms with van der Waals surface area (Å²) in [4.78, 5) is 27.1. The summed E-state index contributed by atoms with van der Waals surface area (Å²) in [5.41, 5.74) is 12.5. The molecular formula is C15H22N4O2. The summed E-state index contributed by atoms with van der Waals surface area (Å²) in [7, 11) is 0. The molecule has 1 heterocycles. The summed E-state index contributed by atoms with van der Waals surface area (Å²) in [5, 5.41) is 0. The molecule has 0 unspecified atom stereocenters. The smallest absolute Gasteiger partial charge is 0.231 e. The zero-order valence-electron chi connectivity index (χ0n) is 12.1. The van der Waals surface area contributed by atoms with Crippen molar-refractivity contribution in [3.05, 3.63) is 29.8 Å². The highest BCUT2D eigenvalue weighted by atomic mass is 16.2. The maximum Gasteiger partial charge on any atom is 0.231 e. The molecule has 4 N–H and O–H groups in total. The summed E-state index contributed by atoms with van der Waals surface area (Å²) >= 11 is 0. The molecule has 0 saturated carbocycles. The van der Waals surface area contributed by atoms with E-state index < -0.39 is 0 Å². The minimum atomic E-state index is -0.325. The van der Waals surface area contributed by atoms with Gasteiger partial charge in [0.2, 0.25) is 11.8 Å². The fourth-order valence-electron chi connectivity index (χ4n) is 2.59. The summed E-state index contributed by atoms with van der Waals surface area (Å²) < 4.78 is 0. The van der Waals surface area contributed by atoms with E-state index in [-0.39, 0.29) is 18.4 Å². The maximum absolute atomic E-state index is 12.3. The van der Waals surface area contributed by atoms with Crippen molar-refractivity contribution in [2.24, 2.45) is 5.73 Å². The molecule has 0 spiro atoms. The van der Waals surface area contributed by atoms with Crippen molar-refractivity contribution in [2.45, 2.75) is 12.8 Å². The summed E-state index contributed by atoms with van der Waals surface area (Å²) in [6.07, 6.45) is 1.22. The van der Waals surface area contributed by atoms with Crippen LogP contribution in [0.25, 0.3) is 0 Å². The standard InChI is InChI=1S/C15H22N4O2/c16-13-4-1-3-12(9-13)10-15(21)19-6-2-5-18(7-8-19)11-14(17)20/h1,3-4,9H,2,5-8,10-11,16H2,(H2,17,20). The van der Waals surface area contributed by atoms with Crippen molar-refractivity contribution in [1.29, 1.82) is 0 Å². The molecule has 1 aromatic rings. The van der Waals surface area contributed by atoms with Gasteiger partial charge in [0.15, 0.2) is 0 Å². The van der Waals surface area contributed by atoms with Crippen LogP contribution in [0.3, 0.4) is 0 Å². The Bertz CT molecular complexity index is 518. The number of nitrogens with two attached hydrogens (primary N) is 2. The highest BCUT2D eigenvalue weighted by Gasteiger charge is 2.19. The van der Waals surface area contributed by atoms with Crippen LogP contribution in [0.1, 0.15) is 12.0 Å². The second-order valence-electron chi connectivity index (χ2n) is 5.40. The number of anilines is 1. The number of benzene rings is 1. The van der Waals surface area contributed by atoms with E-state index in [2.05, 4.69) is 0 Å². The van der Waals surface area contributed by atoms with Gasteiger partial charge in [0, 0.05) is 31.9 Å². The highest BCUT2D eigenvalue weighted by Crippen LogP contribution is 2.10.